The van der Waals surface area contributed by atoms with Crippen molar-refractivity contribution in [2.45, 2.75) is 61.4 Å². The zero-order chi connectivity index (χ0) is 38.1. The van der Waals surface area contributed by atoms with Gasteiger partial charge in [0.15, 0.2) is 0 Å². The van der Waals surface area contributed by atoms with Gasteiger partial charge in [0.2, 0.25) is 0 Å². The molecule has 0 atom stereocenters. The number of halogens is 2. The van der Waals surface area contributed by atoms with E-state index >= 15 is 0 Å². The van der Waals surface area contributed by atoms with Crippen LogP contribution < -0.4 is 29.6 Å². The number of alkyl halides is 2. The molecule has 0 bridgehead atoms. The molecule has 5 aromatic carbocycles. The number of benzene rings is 5. The molecule has 2 aliphatic rings. The Hall–Kier alpha value is -2.03. The van der Waals surface area contributed by atoms with Gasteiger partial charge in [-0.3, -0.25) is 0 Å². The van der Waals surface area contributed by atoms with E-state index in [2.05, 4.69) is 207 Å². The third-order valence-electron chi connectivity index (χ3n) is 9.94. The summed E-state index contributed by atoms with van der Waals surface area (Å²) in [5, 5.41) is 6.36. The third kappa shape index (κ3) is 7.43. The van der Waals surface area contributed by atoms with Gasteiger partial charge in [-0.05, 0) is 43.0 Å². The van der Waals surface area contributed by atoms with Gasteiger partial charge in [0.25, 0.3) is 0 Å². The first-order valence-corrected chi connectivity index (χ1v) is 27.3. The molecule has 54 heavy (non-hydrogen) atoms. The third-order valence-corrected chi connectivity index (χ3v) is 27.5. The summed E-state index contributed by atoms with van der Waals surface area (Å²) < 4.78 is 18.2. The molecule has 0 amide bonds. The molecular weight excluding hydrogens is 905 g/mol. The monoisotopic (exact) mass is 946 g/mol. The first kappa shape index (κ1) is 40.2. The number of hydrogen-bond donors (Lipinski definition) is 0. The van der Waals surface area contributed by atoms with E-state index in [1.165, 1.54) is 39.0 Å². The van der Waals surface area contributed by atoms with Crippen LogP contribution in [0.25, 0.3) is 0 Å². The molecule has 0 saturated carbocycles. The second-order valence-electron chi connectivity index (χ2n) is 15.3. The predicted molar refractivity (Wildman–Crippen MR) is 251 cm³/mol. The highest BCUT2D eigenvalue weighted by Crippen LogP contribution is 2.65. The van der Waals surface area contributed by atoms with Crippen molar-refractivity contribution >= 4 is 116 Å². The summed E-state index contributed by atoms with van der Waals surface area (Å²) in [6.45, 7) is 14.1. The molecule has 0 spiro atoms. The Morgan fingerprint density at radius 3 is 0.963 bits per heavy atom. The van der Waals surface area contributed by atoms with Crippen LogP contribution in [-0.2, 0) is 0 Å². The van der Waals surface area contributed by atoms with Gasteiger partial charge >= 0.3 is 16.6 Å². The van der Waals surface area contributed by atoms with Crippen LogP contribution >= 0.6 is 78.9 Å². The van der Waals surface area contributed by atoms with E-state index in [1.807, 2.05) is 47.0 Å². The van der Waals surface area contributed by atoms with Crippen LogP contribution in [0.3, 0.4) is 0 Å². The Bertz CT molecular complexity index is 1940. The van der Waals surface area contributed by atoms with Gasteiger partial charge in [-0.2, -0.15) is 0 Å². The van der Waals surface area contributed by atoms with Crippen LogP contribution in [0.1, 0.15) is 41.5 Å². The summed E-state index contributed by atoms with van der Waals surface area (Å²) in [5.41, 5.74) is 0. The fraction of sp³-hybridized carbons (Fsp3) is 0.227. The quantitative estimate of drug-likeness (QED) is 0.102. The summed E-state index contributed by atoms with van der Waals surface area (Å²) in [6.07, 6.45) is 0. The van der Waals surface area contributed by atoms with Gasteiger partial charge in [-0.1, -0.05) is 242 Å². The first-order chi connectivity index (χ1) is 25.9. The average molecular weight is 949 g/mol. The molecule has 278 valence electrons. The lowest BCUT2D eigenvalue weighted by Crippen LogP contribution is -2.69. The van der Waals surface area contributed by atoms with Crippen molar-refractivity contribution in [1.29, 1.82) is 0 Å². The number of rotatable bonds is 10. The molecule has 0 aromatic heterocycles. The summed E-state index contributed by atoms with van der Waals surface area (Å²) in [5.74, 6) is 1.84. The van der Waals surface area contributed by atoms with Crippen LogP contribution in [-0.4, -0.2) is 27.3 Å². The highest BCUT2D eigenvalue weighted by molar-refractivity contribution is 9.09. The molecule has 2 nitrogen and oxygen atoms in total. The molecule has 5 aromatic rings. The standard InChI is InChI=1S/C44H44Br2O2S4Si2/c1-43(2,3)53(31-19-11-7-12-20-31,32-21-13-8-14-22-32)47-35-27-28-36(40-39(35)51-42(52-40)41-49-37(29-45)38(30-46)50-41)48-54(44(4,5)6,33-23-15-9-16-24-33)34-25-17-10-18-26-34/h7-28H,29-30H2,1-6H3. The van der Waals surface area contributed by atoms with Crippen LogP contribution in [0.15, 0.2) is 162 Å². The summed E-state index contributed by atoms with van der Waals surface area (Å²) in [4.78, 5) is 5.01. The van der Waals surface area contributed by atoms with E-state index < -0.39 is 16.6 Å². The Morgan fingerprint density at radius 2 is 0.704 bits per heavy atom. The second kappa shape index (κ2) is 16.4. The summed E-state index contributed by atoms with van der Waals surface area (Å²) >= 11 is 15.0. The largest absolute Gasteiger partial charge is 0.533 e. The minimum absolute atomic E-state index is 0.180. The van der Waals surface area contributed by atoms with Gasteiger partial charge in [-0.25, -0.2) is 0 Å². The maximum Gasteiger partial charge on any atom is 0.320 e. The van der Waals surface area contributed by atoms with Gasteiger partial charge in [-0.15, -0.1) is 0 Å². The van der Waals surface area contributed by atoms with Gasteiger partial charge in [0.05, 0.1) is 18.3 Å². The molecular formula is C44H44Br2O2S4Si2. The Kier molecular flexibility index (Phi) is 12.2. The van der Waals surface area contributed by atoms with Crippen LogP contribution in [0, 0.1) is 0 Å². The molecule has 2 heterocycles. The van der Waals surface area contributed by atoms with E-state index in [-0.39, 0.29) is 10.1 Å². The highest BCUT2D eigenvalue weighted by Gasteiger charge is 2.54. The smallest absolute Gasteiger partial charge is 0.320 e. The zero-order valence-corrected chi connectivity index (χ0v) is 39.8. The van der Waals surface area contributed by atoms with Gasteiger partial charge < -0.3 is 8.85 Å². The zero-order valence-electron chi connectivity index (χ0n) is 31.3. The fourth-order valence-electron chi connectivity index (χ4n) is 7.44. The maximum absolute atomic E-state index is 7.80. The second-order valence-corrected chi connectivity index (χ2v) is 29.7. The van der Waals surface area contributed by atoms with Gasteiger partial charge in [0.1, 0.15) is 11.5 Å². The Labute approximate surface area is 357 Å². The molecule has 0 saturated heterocycles. The lowest BCUT2D eigenvalue weighted by atomic mass is 10.2. The Balaban J connectivity index is 1.45. The molecule has 0 unspecified atom stereocenters. The van der Waals surface area contributed by atoms with Crippen molar-refractivity contribution in [3.05, 3.63) is 152 Å². The minimum Gasteiger partial charge on any atom is -0.533 e. The molecule has 0 aliphatic carbocycles. The molecule has 7 rings (SSSR count). The van der Waals surface area contributed by atoms with E-state index in [0.717, 1.165) is 32.0 Å². The van der Waals surface area contributed by atoms with Crippen LogP contribution in [0.4, 0.5) is 0 Å². The molecule has 0 radical (unpaired) electrons. The van der Waals surface area contributed by atoms with Crippen molar-refractivity contribution in [3.8, 4) is 11.5 Å². The van der Waals surface area contributed by atoms with Gasteiger partial charge in [0, 0.05) is 20.5 Å². The topological polar surface area (TPSA) is 18.5 Å². The highest BCUT2D eigenvalue weighted by atomic mass is 79.9. The lowest BCUT2D eigenvalue weighted by molar-refractivity contribution is 0.478. The normalized spacial score (nSPS) is 15.1. The van der Waals surface area contributed by atoms with Crippen molar-refractivity contribution in [3.63, 3.8) is 0 Å². The van der Waals surface area contributed by atoms with E-state index in [1.54, 1.807) is 0 Å². The van der Waals surface area contributed by atoms with Crippen LogP contribution in [0.5, 0.6) is 11.5 Å². The van der Waals surface area contributed by atoms with E-state index in [0.29, 0.717) is 0 Å². The number of thioether (sulfide) groups is 4. The number of allylic oxidation sites excluding steroid dienone is 2. The Morgan fingerprint density at radius 1 is 0.426 bits per heavy atom. The van der Waals surface area contributed by atoms with Crippen molar-refractivity contribution in [2.75, 3.05) is 10.7 Å². The fourth-order valence-corrected chi connectivity index (χ4v) is 23.6. The van der Waals surface area contributed by atoms with Crippen LogP contribution in [0.2, 0.25) is 10.1 Å². The lowest BCUT2D eigenvalue weighted by Gasteiger charge is -2.44. The van der Waals surface area contributed by atoms with Crippen molar-refractivity contribution in [2.24, 2.45) is 0 Å². The SMILES string of the molecule is CC(C)(C)[Si](Oc1ccc(O[Si](c2ccccc2)(c2ccccc2)C(C)(C)C)c2c1SC(=C1SC(CBr)=C(CBr)S1)S2)(c1ccccc1)c1ccccc1. The summed E-state index contributed by atoms with van der Waals surface area (Å²) in [6, 6.07) is 48.1. The minimum atomic E-state index is -2.92. The predicted octanol–water partition coefficient (Wildman–Crippen LogP) is 12.4. The maximum atomic E-state index is 7.80. The van der Waals surface area contributed by atoms with Crippen molar-refractivity contribution < 1.29 is 8.85 Å². The van der Waals surface area contributed by atoms with E-state index in [4.69, 9.17) is 8.85 Å². The number of hydrogen-bond acceptors (Lipinski definition) is 6. The van der Waals surface area contributed by atoms with Crippen molar-refractivity contribution in [1.82, 2.24) is 0 Å². The molecule has 0 fully saturated rings. The first-order valence-electron chi connectivity index (χ1n) is 18.0. The molecule has 2 aliphatic heterocycles. The number of fused-ring (bicyclic) bond motifs is 1. The average Bonchev–Trinajstić information content (AvgIpc) is 3.82. The summed E-state index contributed by atoms with van der Waals surface area (Å²) in [7, 11) is -5.84. The molecule has 0 N–H and O–H groups in total. The van der Waals surface area contributed by atoms with E-state index in [9.17, 15) is 0 Å². The molecule has 10 heteroatoms.